The van der Waals surface area contributed by atoms with Gasteiger partial charge in [-0.1, -0.05) is 0 Å². The second-order valence-corrected chi connectivity index (χ2v) is 5.14. The van der Waals surface area contributed by atoms with Crippen LogP contribution in [0.25, 0.3) is 0 Å². The summed E-state index contributed by atoms with van der Waals surface area (Å²) in [5.41, 5.74) is 1.34. The summed E-state index contributed by atoms with van der Waals surface area (Å²) in [4.78, 5) is 2.39. The molecule has 0 aliphatic carbocycles. The van der Waals surface area contributed by atoms with Crippen LogP contribution >= 0.6 is 0 Å². The molecule has 1 fully saturated rings. The van der Waals surface area contributed by atoms with Gasteiger partial charge in [0.2, 0.25) is 0 Å². The normalized spacial score (nSPS) is 22.3. The molecular formula is C14H23N2O2+. The van der Waals surface area contributed by atoms with Crippen molar-refractivity contribution in [1.29, 1.82) is 0 Å². The summed E-state index contributed by atoms with van der Waals surface area (Å²) in [6, 6.07) is 4.76. The largest absolute Gasteiger partial charge is 0.394 e. The molecule has 2 rings (SSSR count). The molecule has 0 aromatic carbocycles. The highest BCUT2D eigenvalue weighted by molar-refractivity contribution is 5.12. The Kier molecular flexibility index (Phi) is 4.69. The molecule has 0 radical (unpaired) electrons. The van der Waals surface area contributed by atoms with E-state index in [-0.39, 0.29) is 6.61 Å². The number of aromatic nitrogens is 1. The number of aliphatic hydroxyl groups is 2. The highest BCUT2D eigenvalue weighted by atomic mass is 16.3. The molecule has 4 heteroatoms. The molecule has 2 atom stereocenters. The third-order valence-electron chi connectivity index (χ3n) is 3.72. The van der Waals surface area contributed by atoms with Crippen LogP contribution in [0.2, 0.25) is 0 Å². The fraction of sp³-hybridized carbons (Fsp3) is 0.643. The van der Waals surface area contributed by atoms with Gasteiger partial charge >= 0.3 is 0 Å². The molecule has 2 N–H and O–H groups in total. The molecule has 0 spiro atoms. The molecule has 100 valence electrons. The Morgan fingerprint density at radius 3 is 3.06 bits per heavy atom. The van der Waals surface area contributed by atoms with Crippen molar-refractivity contribution in [1.82, 2.24) is 4.90 Å². The van der Waals surface area contributed by atoms with Crippen molar-refractivity contribution in [2.45, 2.75) is 38.0 Å². The number of pyridine rings is 1. The van der Waals surface area contributed by atoms with E-state index in [1.165, 1.54) is 24.9 Å². The first-order valence-electron chi connectivity index (χ1n) is 6.69. The predicted molar refractivity (Wildman–Crippen MR) is 69.0 cm³/mol. The number of aliphatic hydroxyl groups excluding tert-OH is 2. The number of nitrogens with zero attached hydrogens (tertiary/aromatic N) is 2. The fourth-order valence-corrected chi connectivity index (χ4v) is 2.60. The molecule has 1 unspecified atom stereocenters. The number of hydrogen-bond acceptors (Lipinski definition) is 3. The van der Waals surface area contributed by atoms with Crippen molar-refractivity contribution in [3.05, 3.63) is 30.1 Å². The van der Waals surface area contributed by atoms with Gasteiger partial charge in [-0.15, -0.1) is 0 Å². The first-order valence-corrected chi connectivity index (χ1v) is 6.69. The molecule has 18 heavy (non-hydrogen) atoms. The lowest BCUT2D eigenvalue weighted by atomic mass is 10.1. The van der Waals surface area contributed by atoms with Gasteiger partial charge in [0.15, 0.2) is 18.9 Å². The van der Waals surface area contributed by atoms with Gasteiger partial charge in [-0.3, -0.25) is 4.90 Å². The summed E-state index contributed by atoms with van der Waals surface area (Å²) in [5.74, 6) is 0. The summed E-state index contributed by atoms with van der Waals surface area (Å²) < 4.78 is 2.10. The van der Waals surface area contributed by atoms with Gasteiger partial charge in [0.05, 0.1) is 12.7 Å². The Morgan fingerprint density at radius 1 is 1.56 bits per heavy atom. The maximum atomic E-state index is 9.37. The van der Waals surface area contributed by atoms with Crippen LogP contribution in [0.5, 0.6) is 0 Å². The summed E-state index contributed by atoms with van der Waals surface area (Å²) in [5, 5.41) is 18.2. The molecular weight excluding hydrogens is 228 g/mol. The Bertz CT molecular complexity index is 384. The van der Waals surface area contributed by atoms with E-state index in [9.17, 15) is 5.11 Å². The lowest BCUT2D eigenvalue weighted by molar-refractivity contribution is -0.698. The summed E-state index contributed by atoms with van der Waals surface area (Å²) >= 11 is 0. The van der Waals surface area contributed by atoms with Crippen LogP contribution in [-0.2, 0) is 6.54 Å². The zero-order valence-electron chi connectivity index (χ0n) is 11.0. The van der Waals surface area contributed by atoms with E-state index in [0.717, 1.165) is 6.54 Å². The van der Waals surface area contributed by atoms with E-state index in [4.69, 9.17) is 5.11 Å². The second kappa shape index (κ2) is 6.27. The molecule has 0 saturated carbocycles. The first kappa shape index (κ1) is 13.5. The molecule has 4 nitrogen and oxygen atoms in total. The van der Waals surface area contributed by atoms with E-state index < -0.39 is 6.10 Å². The standard InChI is InChI=1S/C14H23N2O2/c1-15-7-3-5-14(15)12-4-2-8-16(10-12)9-6-13(18)11-17/h2,4,8,10,13-14,17-18H,3,5-7,9,11H2,1H3/q+1/t13?,14-/m0/s1. The SMILES string of the molecule is CN1CCC[C@H]1c1ccc[n+](CCC(O)CO)c1. The zero-order chi connectivity index (χ0) is 13.0. The zero-order valence-corrected chi connectivity index (χ0v) is 11.0. The van der Waals surface area contributed by atoms with Gasteiger partial charge in [0, 0.05) is 24.1 Å². The molecule has 1 aromatic rings. The van der Waals surface area contributed by atoms with Crippen LogP contribution in [-0.4, -0.2) is 41.4 Å². The molecule has 1 aromatic heterocycles. The number of likely N-dealkylation sites (tertiary alicyclic amines) is 1. The van der Waals surface area contributed by atoms with Crippen molar-refractivity contribution in [2.24, 2.45) is 0 Å². The van der Waals surface area contributed by atoms with E-state index in [1.54, 1.807) is 0 Å². The van der Waals surface area contributed by atoms with Gasteiger partial charge in [0.25, 0.3) is 0 Å². The van der Waals surface area contributed by atoms with Crippen molar-refractivity contribution in [3.8, 4) is 0 Å². The highest BCUT2D eigenvalue weighted by Crippen LogP contribution is 2.29. The molecule has 1 aliphatic heterocycles. The Morgan fingerprint density at radius 2 is 2.39 bits per heavy atom. The number of hydrogen-bond donors (Lipinski definition) is 2. The minimum atomic E-state index is -0.615. The summed E-state index contributed by atoms with van der Waals surface area (Å²) in [6.45, 7) is 1.75. The molecule has 2 heterocycles. The van der Waals surface area contributed by atoms with Crippen LogP contribution in [0, 0.1) is 0 Å². The monoisotopic (exact) mass is 251 g/mol. The van der Waals surface area contributed by atoms with Crippen LogP contribution < -0.4 is 4.57 Å². The predicted octanol–water partition coefficient (Wildman–Crippen LogP) is 0.484. The summed E-state index contributed by atoms with van der Waals surface area (Å²) in [7, 11) is 2.17. The van der Waals surface area contributed by atoms with E-state index in [2.05, 4.69) is 34.8 Å². The minimum Gasteiger partial charge on any atom is -0.394 e. The average molecular weight is 251 g/mol. The van der Waals surface area contributed by atoms with Gasteiger partial charge in [-0.05, 0) is 32.5 Å². The number of rotatable bonds is 5. The summed E-state index contributed by atoms with van der Waals surface area (Å²) in [6.07, 6.45) is 6.64. The van der Waals surface area contributed by atoms with Gasteiger partial charge in [-0.25, -0.2) is 4.57 Å². The third-order valence-corrected chi connectivity index (χ3v) is 3.72. The van der Waals surface area contributed by atoms with E-state index >= 15 is 0 Å². The molecule has 0 bridgehead atoms. The van der Waals surface area contributed by atoms with Crippen molar-refractivity contribution in [2.75, 3.05) is 20.2 Å². The van der Waals surface area contributed by atoms with Crippen LogP contribution in [0.1, 0.15) is 30.9 Å². The fourth-order valence-electron chi connectivity index (χ4n) is 2.60. The Labute approximate surface area is 108 Å². The van der Waals surface area contributed by atoms with Crippen molar-refractivity contribution >= 4 is 0 Å². The van der Waals surface area contributed by atoms with Gasteiger partial charge in [0.1, 0.15) is 0 Å². The quantitative estimate of drug-likeness (QED) is 0.749. The van der Waals surface area contributed by atoms with Gasteiger partial charge < -0.3 is 10.2 Å². The van der Waals surface area contributed by atoms with E-state index in [0.29, 0.717) is 12.5 Å². The van der Waals surface area contributed by atoms with E-state index in [1.807, 2.05) is 6.20 Å². The second-order valence-electron chi connectivity index (χ2n) is 5.14. The Hall–Kier alpha value is -0.970. The Balaban J connectivity index is 2.01. The molecule has 1 aliphatic rings. The van der Waals surface area contributed by atoms with Crippen LogP contribution in [0.3, 0.4) is 0 Å². The maximum Gasteiger partial charge on any atom is 0.173 e. The lowest BCUT2D eigenvalue weighted by Gasteiger charge is -2.18. The van der Waals surface area contributed by atoms with Crippen LogP contribution in [0.4, 0.5) is 0 Å². The highest BCUT2D eigenvalue weighted by Gasteiger charge is 2.24. The maximum absolute atomic E-state index is 9.37. The molecule has 1 saturated heterocycles. The first-order chi connectivity index (χ1) is 8.70. The van der Waals surface area contributed by atoms with Crippen LogP contribution in [0.15, 0.2) is 24.5 Å². The topological polar surface area (TPSA) is 47.6 Å². The van der Waals surface area contributed by atoms with Crippen molar-refractivity contribution in [3.63, 3.8) is 0 Å². The molecule has 0 amide bonds. The average Bonchev–Trinajstić information content (AvgIpc) is 2.82. The number of aryl methyl sites for hydroxylation is 1. The van der Waals surface area contributed by atoms with Gasteiger partial charge in [-0.2, -0.15) is 0 Å². The lowest BCUT2D eigenvalue weighted by Crippen LogP contribution is -2.36. The third kappa shape index (κ3) is 3.28. The smallest absolute Gasteiger partial charge is 0.173 e. The minimum absolute atomic E-state index is 0.161. The van der Waals surface area contributed by atoms with Crippen molar-refractivity contribution < 1.29 is 14.8 Å².